The molecule has 0 spiro atoms. The van der Waals surface area contributed by atoms with E-state index in [9.17, 15) is 9.59 Å². The van der Waals surface area contributed by atoms with Gasteiger partial charge in [-0.3, -0.25) is 9.59 Å². The number of halogens is 1. The molecule has 1 aliphatic rings. The molecular formula is C13H14ClN3O2. The van der Waals surface area contributed by atoms with E-state index in [4.69, 9.17) is 17.3 Å². The number of rotatable bonds is 3. The van der Waals surface area contributed by atoms with Gasteiger partial charge in [-0.15, -0.1) is 0 Å². The minimum atomic E-state index is -0.911. The highest BCUT2D eigenvalue weighted by Crippen LogP contribution is 2.23. The highest BCUT2D eigenvalue weighted by Gasteiger charge is 2.34. The van der Waals surface area contributed by atoms with Crippen molar-refractivity contribution in [3.8, 4) is 0 Å². The first kappa shape index (κ1) is 13.7. The first-order valence-corrected chi connectivity index (χ1v) is 6.29. The van der Waals surface area contributed by atoms with Crippen LogP contribution in [0.3, 0.4) is 0 Å². The van der Waals surface area contributed by atoms with Crippen LogP contribution in [-0.4, -0.2) is 24.2 Å². The summed E-state index contributed by atoms with van der Waals surface area (Å²) in [5.74, 6) is -1.58. The van der Waals surface area contributed by atoms with Crippen LogP contribution in [0.25, 0.3) is 0 Å². The third-order valence-electron chi connectivity index (χ3n) is 3.01. The molecule has 6 heteroatoms. The number of amidine groups is 1. The zero-order chi connectivity index (χ0) is 14.0. The van der Waals surface area contributed by atoms with E-state index in [0.717, 1.165) is 0 Å². The topological polar surface area (TPSA) is 84.5 Å². The highest BCUT2D eigenvalue weighted by atomic mass is 35.5. The van der Waals surface area contributed by atoms with E-state index in [0.29, 0.717) is 23.0 Å². The van der Waals surface area contributed by atoms with Crippen molar-refractivity contribution in [3.05, 3.63) is 34.9 Å². The largest absolute Gasteiger partial charge is 0.330 e. The molecule has 0 bridgehead atoms. The van der Waals surface area contributed by atoms with E-state index in [2.05, 4.69) is 10.3 Å². The van der Waals surface area contributed by atoms with E-state index >= 15 is 0 Å². The van der Waals surface area contributed by atoms with Crippen LogP contribution in [-0.2, 0) is 9.59 Å². The average Bonchev–Trinajstić information content (AvgIpc) is 2.39. The lowest BCUT2D eigenvalue weighted by atomic mass is 9.95. The number of benzene rings is 1. The molecule has 0 fully saturated rings. The van der Waals surface area contributed by atoms with E-state index in [1.807, 2.05) is 0 Å². The SMILES string of the molecule is CC(CN)C1=NC(=O)C(c2ccc(Cl)cc2)C(=O)N1. The molecule has 1 aromatic rings. The molecule has 1 heterocycles. The Labute approximate surface area is 115 Å². The Bertz CT molecular complexity index is 539. The lowest BCUT2D eigenvalue weighted by Crippen LogP contribution is -2.46. The van der Waals surface area contributed by atoms with Crippen LogP contribution in [0.2, 0.25) is 5.02 Å². The van der Waals surface area contributed by atoms with Crippen molar-refractivity contribution in [2.75, 3.05) is 6.54 Å². The maximum Gasteiger partial charge on any atom is 0.264 e. The number of hydrogen-bond acceptors (Lipinski definition) is 3. The minimum Gasteiger partial charge on any atom is -0.330 e. The Morgan fingerprint density at radius 1 is 1.37 bits per heavy atom. The van der Waals surface area contributed by atoms with Crippen molar-refractivity contribution in [2.45, 2.75) is 12.8 Å². The molecule has 0 saturated heterocycles. The molecule has 0 radical (unpaired) electrons. The standard InChI is InChI=1S/C13H14ClN3O2/c1-7(6-15)11-16-12(18)10(13(19)17-11)8-2-4-9(14)5-3-8/h2-5,7,10H,6,15H2,1H3,(H,16,17,18,19). The Kier molecular flexibility index (Phi) is 3.97. The summed E-state index contributed by atoms with van der Waals surface area (Å²) in [7, 11) is 0. The second-order valence-corrected chi connectivity index (χ2v) is 4.88. The fraction of sp³-hybridized carbons (Fsp3) is 0.308. The normalized spacial score (nSPS) is 20.8. The molecule has 0 saturated carbocycles. The molecule has 0 aromatic heterocycles. The quantitative estimate of drug-likeness (QED) is 0.812. The molecule has 2 amide bonds. The summed E-state index contributed by atoms with van der Waals surface area (Å²) in [5, 5.41) is 3.19. The van der Waals surface area contributed by atoms with Crippen LogP contribution >= 0.6 is 11.6 Å². The van der Waals surface area contributed by atoms with Gasteiger partial charge in [-0.2, -0.15) is 4.99 Å². The van der Waals surface area contributed by atoms with Crippen molar-refractivity contribution in [2.24, 2.45) is 16.6 Å². The predicted octanol–water partition coefficient (Wildman–Crippen LogP) is 1.07. The Balaban J connectivity index is 2.30. The molecule has 2 atom stereocenters. The lowest BCUT2D eigenvalue weighted by Gasteiger charge is -2.23. The summed E-state index contributed by atoms with van der Waals surface area (Å²) in [4.78, 5) is 27.9. The van der Waals surface area contributed by atoms with Crippen molar-refractivity contribution in [1.29, 1.82) is 0 Å². The van der Waals surface area contributed by atoms with Crippen molar-refractivity contribution in [1.82, 2.24) is 5.32 Å². The van der Waals surface area contributed by atoms with Gasteiger partial charge in [0.05, 0.1) is 0 Å². The monoisotopic (exact) mass is 279 g/mol. The summed E-state index contributed by atoms with van der Waals surface area (Å²) in [6.45, 7) is 2.12. The van der Waals surface area contributed by atoms with Gasteiger partial charge < -0.3 is 11.1 Å². The van der Waals surface area contributed by atoms with Crippen LogP contribution in [0.15, 0.2) is 29.3 Å². The zero-order valence-corrected chi connectivity index (χ0v) is 11.1. The summed E-state index contributed by atoms with van der Waals surface area (Å²) in [5.41, 5.74) is 6.08. The molecule has 1 aromatic carbocycles. The second kappa shape index (κ2) is 5.50. The molecule has 19 heavy (non-hydrogen) atoms. The maximum atomic E-state index is 12.0. The number of amides is 2. The van der Waals surface area contributed by atoms with Gasteiger partial charge in [0.1, 0.15) is 11.8 Å². The fourth-order valence-corrected chi connectivity index (χ4v) is 1.94. The Morgan fingerprint density at radius 3 is 2.53 bits per heavy atom. The summed E-state index contributed by atoms with van der Waals surface area (Å²) in [6, 6.07) is 6.58. The van der Waals surface area contributed by atoms with Crippen LogP contribution in [0.1, 0.15) is 18.4 Å². The molecule has 3 N–H and O–H groups in total. The number of carbonyl (C=O) groups excluding carboxylic acids is 2. The minimum absolute atomic E-state index is 0.154. The van der Waals surface area contributed by atoms with Gasteiger partial charge >= 0.3 is 0 Å². The third kappa shape index (κ3) is 2.83. The van der Waals surface area contributed by atoms with Crippen LogP contribution < -0.4 is 11.1 Å². The average molecular weight is 280 g/mol. The number of hydrogen-bond donors (Lipinski definition) is 2. The first-order chi connectivity index (χ1) is 9.02. The number of carbonyl (C=O) groups is 2. The van der Waals surface area contributed by atoms with Gasteiger partial charge in [0.25, 0.3) is 5.91 Å². The molecule has 100 valence electrons. The Hall–Kier alpha value is -1.72. The zero-order valence-electron chi connectivity index (χ0n) is 10.4. The molecular weight excluding hydrogens is 266 g/mol. The van der Waals surface area contributed by atoms with E-state index in [-0.39, 0.29) is 11.8 Å². The van der Waals surface area contributed by atoms with Gasteiger partial charge in [-0.25, -0.2) is 0 Å². The van der Waals surface area contributed by atoms with E-state index < -0.39 is 11.8 Å². The summed E-state index contributed by atoms with van der Waals surface area (Å²) >= 11 is 5.78. The van der Waals surface area contributed by atoms with Crippen molar-refractivity contribution >= 4 is 29.3 Å². The molecule has 1 aliphatic heterocycles. The van der Waals surface area contributed by atoms with Gasteiger partial charge in [-0.05, 0) is 17.7 Å². The number of nitrogens with two attached hydrogens (primary N) is 1. The number of nitrogens with one attached hydrogen (secondary N) is 1. The second-order valence-electron chi connectivity index (χ2n) is 4.45. The first-order valence-electron chi connectivity index (χ1n) is 5.91. The van der Waals surface area contributed by atoms with Crippen LogP contribution in [0.5, 0.6) is 0 Å². The Morgan fingerprint density at radius 2 is 2.00 bits per heavy atom. The van der Waals surface area contributed by atoms with Gasteiger partial charge in [0.2, 0.25) is 5.91 Å². The smallest absolute Gasteiger partial charge is 0.264 e. The maximum absolute atomic E-state index is 12.0. The number of aliphatic imine (C=N–C) groups is 1. The lowest BCUT2D eigenvalue weighted by molar-refractivity contribution is -0.129. The molecule has 2 unspecified atom stereocenters. The van der Waals surface area contributed by atoms with E-state index in [1.165, 1.54) is 0 Å². The number of nitrogens with zero attached hydrogens (tertiary/aromatic N) is 1. The summed E-state index contributed by atoms with van der Waals surface area (Å²) < 4.78 is 0. The fourth-order valence-electron chi connectivity index (χ4n) is 1.82. The molecule has 2 rings (SSSR count). The predicted molar refractivity (Wildman–Crippen MR) is 73.0 cm³/mol. The summed E-state index contributed by atoms with van der Waals surface area (Å²) in [6.07, 6.45) is 0. The van der Waals surface area contributed by atoms with Gasteiger partial charge in [0.15, 0.2) is 0 Å². The van der Waals surface area contributed by atoms with Gasteiger partial charge in [0, 0.05) is 17.5 Å². The van der Waals surface area contributed by atoms with Crippen LogP contribution in [0, 0.1) is 5.92 Å². The van der Waals surface area contributed by atoms with Crippen molar-refractivity contribution < 1.29 is 9.59 Å². The van der Waals surface area contributed by atoms with Crippen molar-refractivity contribution in [3.63, 3.8) is 0 Å². The molecule has 5 nitrogen and oxygen atoms in total. The molecule has 0 aliphatic carbocycles. The van der Waals surface area contributed by atoms with Gasteiger partial charge in [-0.1, -0.05) is 30.7 Å². The third-order valence-corrected chi connectivity index (χ3v) is 3.27. The highest BCUT2D eigenvalue weighted by molar-refractivity contribution is 6.30. The van der Waals surface area contributed by atoms with E-state index in [1.54, 1.807) is 31.2 Å². The van der Waals surface area contributed by atoms with Crippen LogP contribution in [0.4, 0.5) is 0 Å².